The molecule has 0 aliphatic heterocycles. The molecule has 0 fully saturated rings. The molecule has 0 spiro atoms. The van der Waals surface area contributed by atoms with Gasteiger partial charge < -0.3 is 15.2 Å². The zero-order valence-corrected chi connectivity index (χ0v) is 8.33. The van der Waals surface area contributed by atoms with Crippen molar-refractivity contribution in [1.82, 2.24) is 5.32 Å². The van der Waals surface area contributed by atoms with Crippen molar-refractivity contribution < 1.29 is 23.8 Å². The summed E-state index contributed by atoms with van der Waals surface area (Å²) in [6.07, 6.45) is -0.890. The van der Waals surface area contributed by atoms with E-state index in [-0.39, 0.29) is 0 Å². The molecule has 0 aliphatic rings. The molecule has 0 unspecified atom stereocenters. The van der Waals surface area contributed by atoms with E-state index in [1.165, 1.54) is 13.8 Å². The Hall–Kier alpha value is -1.33. The molecule has 0 heterocycles. The van der Waals surface area contributed by atoms with Gasteiger partial charge in [-0.3, -0.25) is 4.39 Å². The van der Waals surface area contributed by atoms with E-state index in [9.17, 15) is 14.0 Å². The van der Waals surface area contributed by atoms with Crippen molar-refractivity contribution in [2.75, 3.05) is 13.8 Å². The first-order chi connectivity index (χ1) is 6.35. The second-order valence-corrected chi connectivity index (χ2v) is 3.53. The van der Waals surface area contributed by atoms with E-state index in [2.05, 4.69) is 10.1 Å². The Bertz CT molecular complexity index is 229. The number of alkyl carbamates (subject to hydrolysis) is 1. The van der Waals surface area contributed by atoms with E-state index < -0.39 is 30.2 Å². The minimum Gasteiger partial charge on any atom is -0.480 e. The molecule has 82 valence electrons. The monoisotopic (exact) mass is 207 g/mol. The first-order valence-corrected chi connectivity index (χ1v) is 3.98. The summed E-state index contributed by atoms with van der Waals surface area (Å²) in [6, 6.07) is -1.31. The third-order valence-electron chi connectivity index (χ3n) is 1.82. The van der Waals surface area contributed by atoms with E-state index in [1.807, 2.05) is 0 Å². The molecule has 0 rings (SSSR count). The fourth-order valence-electron chi connectivity index (χ4n) is 0.845. The minimum absolute atomic E-state index is 0.853. The predicted molar refractivity (Wildman–Crippen MR) is 46.7 cm³/mol. The molecule has 0 radical (unpaired) electrons. The topological polar surface area (TPSA) is 75.6 Å². The average molecular weight is 207 g/mol. The number of carbonyl (C=O) groups is 2. The van der Waals surface area contributed by atoms with Gasteiger partial charge in [-0.2, -0.15) is 0 Å². The molecule has 1 amide bonds. The van der Waals surface area contributed by atoms with Gasteiger partial charge in [-0.05, 0) is 0 Å². The lowest BCUT2D eigenvalue weighted by Gasteiger charge is -2.28. The Balaban J connectivity index is 4.61. The van der Waals surface area contributed by atoms with Crippen LogP contribution in [0.4, 0.5) is 9.18 Å². The smallest absolute Gasteiger partial charge is 0.407 e. The SMILES string of the molecule is COC(=O)N[C@H](C(=O)O)C(C)(C)CF. The quantitative estimate of drug-likeness (QED) is 0.714. The van der Waals surface area contributed by atoms with Crippen LogP contribution >= 0.6 is 0 Å². The van der Waals surface area contributed by atoms with Crippen molar-refractivity contribution in [3.63, 3.8) is 0 Å². The van der Waals surface area contributed by atoms with Gasteiger partial charge in [0.1, 0.15) is 6.04 Å². The van der Waals surface area contributed by atoms with Crippen molar-refractivity contribution in [1.29, 1.82) is 0 Å². The number of aliphatic carboxylic acids is 1. The number of hydrogen-bond donors (Lipinski definition) is 2. The molecular formula is C8H14FNO4. The van der Waals surface area contributed by atoms with Gasteiger partial charge in [-0.1, -0.05) is 13.8 Å². The summed E-state index contributed by atoms with van der Waals surface area (Å²) in [5, 5.41) is 10.8. The van der Waals surface area contributed by atoms with Gasteiger partial charge in [-0.25, -0.2) is 9.59 Å². The number of amides is 1. The van der Waals surface area contributed by atoms with Gasteiger partial charge in [0.25, 0.3) is 0 Å². The van der Waals surface area contributed by atoms with Gasteiger partial charge in [0.2, 0.25) is 0 Å². The summed E-state index contributed by atoms with van der Waals surface area (Å²) in [7, 11) is 1.11. The predicted octanol–water partition coefficient (Wildman–Crippen LogP) is 0.791. The second-order valence-electron chi connectivity index (χ2n) is 3.53. The van der Waals surface area contributed by atoms with E-state index in [0.717, 1.165) is 7.11 Å². The number of methoxy groups -OCH3 is 1. The Morgan fingerprint density at radius 2 is 2.07 bits per heavy atom. The number of rotatable bonds is 4. The second kappa shape index (κ2) is 4.78. The van der Waals surface area contributed by atoms with Crippen LogP contribution in [-0.2, 0) is 9.53 Å². The number of carboxylic acid groups (broad SMARTS) is 1. The molecule has 0 aromatic carbocycles. The normalized spacial score (nSPS) is 13.1. The summed E-state index contributed by atoms with van der Waals surface area (Å²) in [5.74, 6) is -1.29. The summed E-state index contributed by atoms with van der Waals surface area (Å²) in [6.45, 7) is 1.96. The van der Waals surface area contributed by atoms with Crippen molar-refractivity contribution >= 4 is 12.1 Å². The van der Waals surface area contributed by atoms with Gasteiger partial charge in [0.05, 0.1) is 13.8 Å². The molecule has 0 aromatic heterocycles. The molecule has 2 N–H and O–H groups in total. The summed E-state index contributed by atoms with van der Waals surface area (Å²) < 4.78 is 16.7. The van der Waals surface area contributed by atoms with Gasteiger partial charge in [0, 0.05) is 5.41 Å². The summed E-state index contributed by atoms with van der Waals surface area (Å²) >= 11 is 0. The Labute approximate surface area is 81.2 Å². The number of carboxylic acids is 1. The van der Waals surface area contributed by atoms with Crippen molar-refractivity contribution in [2.24, 2.45) is 5.41 Å². The largest absolute Gasteiger partial charge is 0.480 e. The maximum absolute atomic E-state index is 12.5. The van der Waals surface area contributed by atoms with Crippen LogP contribution in [0.2, 0.25) is 0 Å². The zero-order valence-electron chi connectivity index (χ0n) is 8.33. The van der Waals surface area contributed by atoms with Crippen LogP contribution in [0.5, 0.6) is 0 Å². The molecule has 5 nitrogen and oxygen atoms in total. The highest BCUT2D eigenvalue weighted by atomic mass is 19.1. The molecule has 1 atom stereocenters. The van der Waals surface area contributed by atoms with Gasteiger partial charge in [0.15, 0.2) is 0 Å². The lowest BCUT2D eigenvalue weighted by Crippen LogP contribution is -2.51. The Morgan fingerprint density at radius 3 is 2.36 bits per heavy atom. The summed E-state index contributed by atoms with van der Waals surface area (Å²) in [4.78, 5) is 21.5. The van der Waals surface area contributed by atoms with Crippen LogP contribution in [-0.4, -0.2) is 37.0 Å². The third-order valence-corrected chi connectivity index (χ3v) is 1.82. The van der Waals surface area contributed by atoms with Crippen molar-refractivity contribution in [3.05, 3.63) is 0 Å². The third kappa shape index (κ3) is 3.20. The number of ether oxygens (including phenoxy) is 1. The van der Waals surface area contributed by atoms with Crippen LogP contribution in [0.15, 0.2) is 0 Å². The van der Waals surface area contributed by atoms with Crippen molar-refractivity contribution in [2.45, 2.75) is 19.9 Å². The van der Waals surface area contributed by atoms with Crippen LogP contribution in [0.1, 0.15) is 13.8 Å². The van der Waals surface area contributed by atoms with Gasteiger partial charge in [-0.15, -0.1) is 0 Å². The highest BCUT2D eigenvalue weighted by molar-refractivity contribution is 5.80. The maximum Gasteiger partial charge on any atom is 0.407 e. The highest BCUT2D eigenvalue weighted by Crippen LogP contribution is 2.21. The number of nitrogens with one attached hydrogen (secondary N) is 1. The maximum atomic E-state index is 12.5. The van der Waals surface area contributed by atoms with Crippen LogP contribution in [0, 0.1) is 5.41 Å². The molecule has 14 heavy (non-hydrogen) atoms. The first-order valence-electron chi connectivity index (χ1n) is 3.98. The van der Waals surface area contributed by atoms with Gasteiger partial charge >= 0.3 is 12.1 Å². The number of halogens is 1. The Kier molecular flexibility index (Phi) is 4.33. The number of carbonyl (C=O) groups excluding carboxylic acids is 1. The zero-order chi connectivity index (χ0) is 11.4. The molecule has 6 heteroatoms. The van der Waals surface area contributed by atoms with E-state index in [4.69, 9.17) is 5.11 Å². The fourth-order valence-corrected chi connectivity index (χ4v) is 0.845. The summed E-state index contributed by atoms with van der Waals surface area (Å²) in [5.41, 5.74) is -1.17. The minimum atomic E-state index is -1.31. The lowest BCUT2D eigenvalue weighted by molar-refractivity contribution is -0.142. The first kappa shape index (κ1) is 12.7. The molecular weight excluding hydrogens is 193 g/mol. The number of alkyl halides is 1. The lowest BCUT2D eigenvalue weighted by atomic mass is 9.86. The van der Waals surface area contributed by atoms with E-state index in [1.54, 1.807) is 0 Å². The number of hydrogen-bond acceptors (Lipinski definition) is 3. The average Bonchev–Trinajstić information content (AvgIpc) is 2.12. The van der Waals surface area contributed by atoms with Crippen LogP contribution in [0.3, 0.4) is 0 Å². The van der Waals surface area contributed by atoms with Crippen LogP contribution < -0.4 is 5.32 Å². The molecule has 0 saturated heterocycles. The van der Waals surface area contributed by atoms with E-state index >= 15 is 0 Å². The van der Waals surface area contributed by atoms with E-state index in [0.29, 0.717) is 0 Å². The van der Waals surface area contributed by atoms with Crippen molar-refractivity contribution in [3.8, 4) is 0 Å². The highest BCUT2D eigenvalue weighted by Gasteiger charge is 2.36. The fraction of sp³-hybridized carbons (Fsp3) is 0.750. The molecule has 0 saturated carbocycles. The standard InChI is InChI=1S/C8H14FNO4/c1-8(2,4-9)5(6(11)12)10-7(13)14-3/h5H,4H2,1-3H3,(H,10,13)(H,11,12)/t5-/m1/s1. The molecule has 0 bridgehead atoms. The molecule has 0 aliphatic carbocycles. The Morgan fingerprint density at radius 1 is 1.57 bits per heavy atom. The van der Waals surface area contributed by atoms with Crippen LogP contribution in [0.25, 0.3) is 0 Å². The molecule has 0 aromatic rings.